The van der Waals surface area contributed by atoms with Gasteiger partial charge in [-0.25, -0.2) is 9.97 Å². The molecule has 1 amide bonds. The second-order valence-corrected chi connectivity index (χ2v) is 4.26. The van der Waals surface area contributed by atoms with Crippen LogP contribution in [0.25, 0.3) is 5.82 Å². The monoisotopic (exact) mass is 281 g/mol. The highest BCUT2D eigenvalue weighted by Gasteiger charge is 2.07. The summed E-state index contributed by atoms with van der Waals surface area (Å²) in [7, 11) is 0. The summed E-state index contributed by atoms with van der Waals surface area (Å²) < 4.78 is 1.75. The molecule has 3 aromatic rings. The second kappa shape index (κ2) is 5.41. The van der Waals surface area contributed by atoms with Crippen LogP contribution in [0.1, 0.15) is 10.5 Å². The quantitative estimate of drug-likeness (QED) is 0.754. The highest BCUT2D eigenvalue weighted by molar-refractivity contribution is 6.02. The normalized spacial score (nSPS) is 10.3. The number of rotatable bonds is 3. The molecule has 0 bridgehead atoms. The number of imidazole rings is 1. The van der Waals surface area contributed by atoms with Gasteiger partial charge in [0.15, 0.2) is 0 Å². The smallest absolute Gasteiger partial charge is 0.272 e. The number of nitrogens with one attached hydrogen (secondary N) is 2. The topological polar surface area (TPSA) is 92.7 Å². The summed E-state index contributed by atoms with van der Waals surface area (Å²) in [6, 6.07) is 7.88. The van der Waals surface area contributed by atoms with Crippen molar-refractivity contribution in [3.8, 4) is 5.82 Å². The van der Waals surface area contributed by atoms with Gasteiger partial charge >= 0.3 is 0 Å². The molecule has 7 nitrogen and oxygen atoms in total. The highest BCUT2D eigenvalue weighted by atomic mass is 16.2. The van der Waals surface area contributed by atoms with Crippen molar-refractivity contribution in [1.82, 2.24) is 19.5 Å². The highest BCUT2D eigenvalue weighted by Crippen LogP contribution is 2.10. The first kappa shape index (κ1) is 12.8. The Bertz CT molecular complexity index is 806. The van der Waals surface area contributed by atoms with E-state index in [0.29, 0.717) is 11.5 Å². The van der Waals surface area contributed by atoms with Gasteiger partial charge in [0.25, 0.3) is 5.91 Å². The average Bonchev–Trinajstić information content (AvgIpc) is 3.02. The van der Waals surface area contributed by atoms with Crippen LogP contribution in [0.2, 0.25) is 0 Å². The van der Waals surface area contributed by atoms with Gasteiger partial charge in [0.1, 0.15) is 17.8 Å². The summed E-state index contributed by atoms with van der Waals surface area (Å²) >= 11 is 0. The van der Waals surface area contributed by atoms with Crippen molar-refractivity contribution in [3.63, 3.8) is 0 Å². The maximum atomic E-state index is 12.0. The fourth-order valence-corrected chi connectivity index (χ4v) is 1.79. The second-order valence-electron chi connectivity index (χ2n) is 4.26. The Labute approximate surface area is 119 Å². The molecule has 0 aliphatic rings. The number of pyridine rings is 2. The number of anilines is 1. The van der Waals surface area contributed by atoms with Gasteiger partial charge in [0, 0.05) is 18.5 Å². The van der Waals surface area contributed by atoms with E-state index in [1.165, 1.54) is 24.4 Å². The zero-order valence-electron chi connectivity index (χ0n) is 10.9. The van der Waals surface area contributed by atoms with Crippen LogP contribution in [-0.2, 0) is 0 Å². The lowest BCUT2D eigenvalue weighted by molar-refractivity contribution is 0.102. The molecule has 104 valence electrons. The van der Waals surface area contributed by atoms with Crippen LogP contribution in [0.4, 0.5) is 5.69 Å². The number of H-pyrrole nitrogens is 1. The zero-order valence-corrected chi connectivity index (χ0v) is 10.9. The maximum absolute atomic E-state index is 12.0. The molecule has 3 aromatic heterocycles. The van der Waals surface area contributed by atoms with Gasteiger partial charge in [-0.1, -0.05) is 6.07 Å². The Balaban J connectivity index is 1.76. The molecular formula is C14H11N5O2. The standard InChI is InChI=1S/C14H11N5O2/c20-13-3-1-2-11(18-13)14(21)17-10-4-5-12(16-8-10)19-7-6-15-9-19/h1-9H,(H,17,21)(H,18,20). The fraction of sp³-hybridized carbons (Fsp3) is 0. The van der Waals surface area contributed by atoms with Gasteiger partial charge in [-0.3, -0.25) is 14.2 Å². The van der Waals surface area contributed by atoms with E-state index >= 15 is 0 Å². The van der Waals surface area contributed by atoms with Crippen molar-refractivity contribution in [2.75, 3.05) is 5.32 Å². The summed E-state index contributed by atoms with van der Waals surface area (Å²) in [6.45, 7) is 0. The molecular weight excluding hydrogens is 270 g/mol. The molecule has 0 aliphatic heterocycles. The number of aromatic amines is 1. The summed E-state index contributed by atoms with van der Waals surface area (Å²) in [6.07, 6.45) is 6.60. The van der Waals surface area contributed by atoms with Gasteiger partial charge in [-0.15, -0.1) is 0 Å². The van der Waals surface area contributed by atoms with Gasteiger partial charge in [0.05, 0.1) is 11.9 Å². The summed E-state index contributed by atoms with van der Waals surface area (Å²) in [5, 5.41) is 2.66. The maximum Gasteiger partial charge on any atom is 0.272 e. The van der Waals surface area contributed by atoms with Crippen LogP contribution < -0.4 is 10.9 Å². The number of aromatic nitrogens is 4. The van der Waals surface area contributed by atoms with Crippen LogP contribution in [0.5, 0.6) is 0 Å². The molecule has 0 aliphatic carbocycles. The molecule has 0 fully saturated rings. The van der Waals surface area contributed by atoms with Crippen LogP contribution in [-0.4, -0.2) is 25.4 Å². The SMILES string of the molecule is O=C(Nc1ccc(-n2ccnc2)nc1)c1cccc(=O)[nH]1. The Morgan fingerprint density at radius 1 is 1.24 bits per heavy atom. The number of amides is 1. The minimum absolute atomic E-state index is 0.196. The fourth-order valence-electron chi connectivity index (χ4n) is 1.79. The molecule has 7 heteroatoms. The Kier molecular flexibility index (Phi) is 3.30. The van der Waals surface area contributed by atoms with Gasteiger partial charge < -0.3 is 10.3 Å². The van der Waals surface area contributed by atoms with Gasteiger partial charge in [0.2, 0.25) is 5.56 Å². The lowest BCUT2D eigenvalue weighted by atomic mass is 10.3. The van der Waals surface area contributed by atoms with Crippen molar-refractivity contribution < 1.29 is 4.79 Å². The number of carbonyl (C=O) groups is 1. The summed E-state index contributed by atoms with van der Waals surface area (Å²) in [4.78, 5) is 33.7. The van der Waals surface area contributed by atoms with Crippen LogP contribution >= 0.6 is 0 Å². The molecule has 0 radical (unpaired) electrons. The molecule has 0 saturated heterocycles. The molecule has 0 spiro atoms. The number of hydrogen-bond acceptors (Lipinski definition) is 4. The third-order valence-electron chi connectivity index (χ3n) is 2.79. The van der Waals surface area contributed by atoms with Gasteiger partial charge in [-0.05, 0) is 18.2 Å². The predicted octanol–water partition coefficient (Wildman–Crippen LogP) is 1.21. The zero-order chi connectivity index (χ0) is 14.7. The lowest BCUT2D eigenvalue weighted by Crippen LogP contribution is -2.18. The van der Waals surface area contributed by atoms with Crippen LogP contribution in [0.15, 0.2) is 60.0 Å². The van der Waals surface area contributed by atoms with E-state index in [1.54, 1.807) is 35.4 Å². The van der Waals surface area contributed by atoms with E-state index in [0.717, 1.165) is 0 Å². The minimum Gasteiger partial charge on any atom is -0.319 e. The molecule has 0 atom stereocenters. The molecule has 3 rings (SSSR count). The first-order valence-electron chi connectivity index (χ1n) is 6.17. The Morgan fingerprint density at radius 2 is 2.14 bits per heavy atom. The third-order valence-corrected chi connectivity index (χ3v) is 2.79. The minimum atomic E-state index is -0.398. The number of hydrogen-bond donors (Lipinski definition) is 2. The predicted molar refractivity (Wildman–Crippen MR) is 76.4 cm³/mol. The van der Waals surface area contributed by atoms with Gasteiger partial charge in [-0.2, -0.15) is 0 Å². The number of nitrogens with zero attached hydrogens (tertiary/aromatic N) is 3. The molecule has 3 heterocycles. The summed E-state index contributed by atoms with van der Waals surface area (Å²) in [5.41, 5.74) is 0.408. The summed E-state index contributed by atoms with van der Waals surface area (Å²) in [5.74, 6) is 0.295. The molecule has 21 heavy (non-hydrogen) atoms. The van der Waals surface area contributed by atoms with E-state index in [9.17, 15) is 9.59 Å². The first-order valence-corrected chi connectivity index (χ1v) is 6.17. The van der Waals surface area contributed by atoms with E-state index in [2.05, 4.69) is 20.3 Å². The molecule has 0 saturated carbocycles. The van der Waals surface area contributed by atoms with E-state index in [1.807, 2.05) is 0 Å². The van der Waals surface area contributed by atoms with Crippen molar-refractivity contribution in [1.29, 1.82) is 0 Å². The van der Waals surface area contributed by atoms with Crippen molar-refractivity contribution >= 4 is 11.6 Å². The molecule has 0 aromatic carbocycles. The van der Waals surface area contributed by atoms with Crippen molar-refractivity contribution in [2.24, 2.45) is 0 Å². The van der Waals surface area contributed by atoms with Crippen LogP contribution in [0, 0.1) is 0 Å². The Morgan fingerprint density at radius 3 is 2.81 bits per heavy atom. The molecule has 0 unspecified atom stereocenters. The molecule has 2 N–H and O–H groups in total. The average molecular weight is 281 g/mol. The lowest BCUT2D eigenvalue weighted by Gasteiger charge is -2.06. The van der Waals surface area contributed by atoms with Crippen LogP contribution in [0.3, 0.4) is 0 Å². The van der Waals surface area contributed by atoms with Crippen molar-refractivity contribution in [2.45, 2.75) is 0 Å². The largest absolute Gasteiger partial charge is 0.319 e. The van der Waals surface area contributed by atoms with E-state index in [4.69, 9.17) is 0 Å². The third kappa shape index (κ3) is 2.86. The van der Waals surface area contributed by atoms with Crippen molar-refractivity contribution in [3.05, 3.63) is 71.3 Å². The number of carbonyl (C=O) groups excluding carboxylic acids is 1. The van der Waals surface area contributed by atoms with E-state index in [-0.39, 0.29) is 11.3 Å². The first-order chi connectivity index (χ1) is 10.2. The Hall–Kier alpha value is -3.22. The van der Waals surface area contributed by atoms with E-state index < -0.39 is 5.91 Å².